The van der Waals surface area contributed by atoms with Gasteiger partial charge in [0.05, 0.1) is 0 Å². The van der Waals surface area contributed by atoms with Crippen LogP contribution in [-0.4, -0.2) is 17.4 Å². The zero-order valence-electron chi connectivity index (χ0n) is 12.3. The number of hydrogen-bond acceptors (Lipinski definition) is 2. The molecular formula is C15H24N2O2. The minimum absolute atomic E-state index is 0.220. The van der Waals surface area contributed by atoms with Crippen molar-refractivity contribution in [3.05, 3.63) is 33.2 Å². The van der Waals surface area contributed by atoms with Crippen LogP contribution in [0, 0.1) is 5.92 Å². The molecule has 0 aromatic carbocycles. The average molecular weight is 264 g/mol. The van der Waals surface area contributed by atoms with Crippen LogP contribution in [0.3, 0.4) is 0 Å². The maximum Gasteiger partial charge on any atom is 0.261 e. The van der Waals surface area contributed by atoms with Gasteiger partial charge in [-0.1, -0.05) is 34.1 Å². The zero-order chi connectivity index (χ0) is 14.4. The van der Waals surface area contributed by atoms with Gasteiger partial charge in [-0.15, -0.1) is 0 Å². The number of carbonyl (C=O) groups excluding carboxylic acids is 1. The van der Waals surface area contributed by atoms with Gasteiger partial charge in [-0.05, 0) is 30.4 Å². The predicted octanol–water partition coefficient (Wildman–Crippen LogP) is 2.28. The minimum Gasteiger partial charge on any atom is -0.352 e. The van der Waals surface area contributed by atoms with Gasteiger partial charge in [0.2, 0.25) is 0 Å². The van der Waals surface area contributed by atoms with Gasteiger partial charge in [0.15, 0.2) is 0 Å². The molecule has 1 aromatic rings. The molecule has 1 amide bonds. The first-order valence-corrected chi connectivity index (χ1v) is 7.06. The van der Waals surface area contributed by atoms with Crippen molar-refractivity contribution < 1.29 is 4.79 Å². The van der Waals surface area contributed by atoms with Crippen molar-refractivity contribution in [3.8, 4) is 0 Å². The molecule has 1 aromatic heterocycles. The summed E-state index contributed by atoms with van der Waals surface area (Å²) in [5.41, 5.74) is 1.88. The standard InChI is InChI=1S/C15H24N2O2/c1-5-10(4)9-16-14(18)12-8-11(6-2)13(7-3)17-15(12)19/h8,10H,5-7,9H2,1-4H3,(H,16,18)(H,17,19)/t10-/m0/s1. The third-order valence-corrected chi connectivity index (χ3v) is 3.50. The fraction of sp³-hybridized carbons (Fsp3) is 0.600. The summed E-state index contributed by atoms with van der Waals surface area (Å²) in [6, 6.07) is 1.73. The molecule has 1 atom stereocenters. The van der Waals surface area contributed by atoms with Crippen LogP contribution in [0.25, 0.3) is 0 Å². The van der Waals surface area contributed by atoms with Crippen LogP contribution in [0.4, 0.5) is 0 Å². The maximum atomic E-state index is 12.0. The number of aromatic nitrogens is 1. The zero-order valence-corrected chi connectivity index (χ0v) is 12.3. The van der Waals surface area contributed by atoms with Crippen molar-refractivity contribution in [2.45, 2.75) is 47.0 Å². The fourth-order valence-electron chi connectivity index (χ4n) is 1.92. The molecule has 4 heteroatoms. The summed E-state index contributed by atoms with van der Waals surface area (Å²) >= 11 is 0. The van der Waals surface area contributed by atoms with E-state index in [4.69, 9.17) is 0 Å². The lowest BCUT2D eigenvalue weighted by molar-refractivity contribution is 0.0946. The van der Waals surface area contributed by atoms with Crippen LogP contribution >= 0.6 is 0 Å². The largest absolute Gasteiger partial charge is 0.352 e. The smallest absolute Gasteiger partial charge is 0.261 e. The Hall–Kier alpha value is -1.58. The molecule has 1 heterocycles. The lowest BCUT2D eigenvalue weighted by Gasteiger charge is -2.11. The molecule has 1 rings (SSSR count). The maximum absolute atomic E-state index is 12.0. The highest BCUT2D eigenvalue weighted by molar-refractivity contribution is 5.94. The van der Waals surface area contributed by atoms with Crippen molar-refractivity contribution in [3.63, 3.8) is 0 Å². The first kappa shape index (κ1) is 15.5. The van der Waals surface area contributed by atoms with Crippen LogP contribution in [-0.2, 0) is 12.8 Å². The lowest BCUT2D eigenvalue weighted by atomic mass is 10.1. The Morgan fingerprint density at radius 3 is 2.53 bits per heavy atom. The normalized spacial score (nSPS) is 12.2. The minimum atomic E-state index is -0.296. The quantitative estimate of drug-likeness (QED) is 0.828. The van der Waals surface area contributed by atoms with E-state index in [9.17, 15) is 9.59 Å². The topological polar surface area (TPSA) is 62.0 Å². The van der Waals surface area contributed by atoms with Crippen LogP contribution in [0.2, 0.25) is 0 Å². The van der Waals surface area contributed by atoms with E-state index in [1.807, 2.05) is 13.8 Å². The van der Waals surface area contributed by atoms with E-state index in [-0.39, 0.29) is 17.0 Å². The number of rotatable bonds is 6. The van der Waals surface area contributed by atoms with E-state index in [0.29, 0.717) is 12.5 Å². The molecule has 0 aliphatic carbocycles. The monoisotopic (exact) mass is 264 g/mol. The number of nitrogens with one attached hydrogen (secondary N) is 2. The Labute approximate surface area is 114 Å². The summed E-state index contributed by atoms with van der Waals surface area (Å²) in [5.74, 6) is 0.141. The van der Waals surface area contributed by atoms with E-state index < -0.39 is 0 Å². The first-order valence-electron chi connectivity index (χ1n) is 7.06. The molecule has 19 heavy (non-hydrogen) atoms. The summed E-state index contributed by atoms with van der Waals surface area (Å²) in [6.45, 7) is 8.77. The Kier molecular flexibility index (Phi) is 5.80. The number of hydrogen-bond donors (Lipinski definition) is 2. The highest BCUT2D eigenvalue weighted by atomic mass is 16.2. The average Bonchev–Trinajstić information content (AvgIpc) is 2.43. The van der Waals surface area contributed by atoms with Gasteiger partial charge < -0.3 is 10.3 Å². The Balaban J connectivity index is 2.94. The van der Waals surface area contributed by atoms with Gasteiger partial charge in [0.25, 0.3) is 11.5 Å². The van der Waals surface area contributed by atoms with Gasteiger partial charge in [-0.25, -0.2) is 0 Å². The first-order chi connectivity index (χ1) is 9.03. The Morgan fingerprint density at radius 2 is 2.00 bits per heavy atom. The molecular weight excluding hydrogens is 240 g/mol. The second-order valence-electron chi connectivity index (χ2n) is 4.95. The van der Waals surface area contributed by atoms with Crippen molar-refractivity contribution in [1.82, 2.24) is 10.3 Å². The molecule has 0 aliphatic rings. The van der Waals surface area contributed by atoms with Crippen LogP contribution in [0.1, 0.15) is 55.7 Å². The van der Waals surface area contributed by atoms with Gasteiger partial charge in [0.1, 0.15) is 5.56 Å². The number of aromatic amines is 1. The Bertz CT molecular complexity index is 491. The summed E-state index contributed by atoms with van der Waals surface area (Å²) in [5, 5.41) is 2.82. The van der Waals surface area contributed by atoms with E-state index in [0.717, 1.165) is 30.5 Å². The lowest BCUT2D eigenvalue weighted by Crippen LogP contribution is -2.33. The third-order valence-electron chi connectivity index (χ3n) is 3.50. The molecule has 0 aliphatic heterocycles. The molecule has 0 saturated heterocycles. The number of carbonyl (C=O) groups is 1. The highest BCUT2D eigenvalue weighted by Crippen LogP contribution is 2.08. The number of aryl methyl sites for hydroxylation is 2. The second-order valence-corrected chi connectivity index (χ2v) is 4.95. The van der Waals surface area contributed by atoms with E-state index >= 15 is 0 Å². The molecule has 0 saturated carbocycles. The summed E-state index contributed by atoms with van der Waals surface area (Å²) in [6.07, 6.45) is 2.59. The fourth-order valence-corrected chi connectivity index (χ4v) is 1.92. The van der Waals surface area contributed by atoms with E-state index in [1.54, 1.807) is 6.07 Å². The molecule has 0 bridgehead atoms. The van der Waals surface area contributed by atoms with E-state index in [1.165, 1.54) is 0 Å². The van der Waals surface area contributed by atoms with Gasteiger partial charge >= 0.3 is 0 Å². The van der Waals surface area contributed by atoms with Crippen LogP contribution < -0.4 is 10.9 Å². The van der Waals surface area contributed by atoms with Crippen LogP contribution in [0.15, 0.2) is 10.9 Å². The number of amides is 1. The number of pyridine rings is 1. The second kappa shape index (κ2) is 7.12. The molecule has 0 fully saturated rings. The predicted molar refractivity (Wildman–Crippen MR) is 77.6 cm³/mol. The third kappa shape index (κ3) is 3.94. The van der Waals surface area contributed by atoms with Crippen molar-refractivity contribution in [2.75, 3.05) is 6.54 Å². The molecule has 0 unspecified atom stereocenters. The van der Waals surface area contributed by atoms with E-state index in [2.05, 4.69) is 24.1 Å². The van der Waals surface area contributed by atoms with Crippen LogP contribution in [0.5, 0.6) is 0 Å². The molecule has 0 spiro atoms. The van der Waals surface area contributed by atoms with Crippen molar-refractivity contribution >= 4 is 5.91 Å². The Morgan fingerprint density at radius 1 is 1.32 bits per heavy atom. The van der Waals surface area contributed by atoms with Gasteiger partial charge in [0, 0.05) is 12.2 Å². The summed E-state index contributed by atoms with van der Waals surface area (Å²) < 4.78 is 0. The summed E-state index contributed by atoms with van der Waals surface area (Å²) in [7, 11) is 0. The molecule has 2 N–H and O–H groups in total. The summed E-state index contributed by atoms with van der Waals surface area (Å²) in [4.78, 5) is 26.7. The molecule has 4 nitrogen and oxygen atoms in total. The van der Waals surface area contributed by atoms with Crippen molar-refractivity contribution in [2.24, 2.45) is 5.92 Å². The highest BCUT2D eigenvalue weighted by Gasteiger charge is 2.14. The number of H-pyrrole nitrogens is 1. The SMILES string of the molecule is CCc1cc(C(=O)NC[C@@H](C)CC)c(=O)[nH]c1CC. The molecule has 106 valence electrons. The van der Waals surface area contributed by atoms with Crippen molar-refractivity contribution in [1.29, 1.82) is 0 Å². The molecule has 0 radical (unpaired) electrons. The van der Waals surface area contributed by atoms with Gasteiger partial charge in [-0.2, -0.15) is 0 Å². The van der Waals surface area contributed by atoms with Gasteiger partial charge in [-0.3, -0.25) is 9.59 Å².